The van der Waals surface area contributed by atoms with Crippen molar-refractivity contribution in [3.8, 4) is 0 Å². The summed E-state index contributed by atoms with van der Waals surface area (Å²) in [5.41, 5.74) is 1.95. The van der Waals surface area contributed by atoms with Crippen molar-refractivity contribution in [2.45, 2.75) is 30.7 Å². The lowest BCUT2D eigenvalue weighted by Gasteiger charge is -2.34. The maximum Gasteiger partial charge on any atom is 0.255 e. The first-order valence-corrected chi connectivity index (χ1v) is 11.5. The lowest BCUT2D eigenvalue weighted by atomic mass is 10.1. The Morgan fingerprint density at radius 3 is 2.44 bits per heavy atom. The molecule has 3 heterocycles. The Morgan fingerprint density at radius 2 is 1.78 bits per heavy atom. The van der Waals surface area contributed by atoms with Crippen LogP contribution in [-0.4, -0.2) is 56.9 Å². The number of carbonyl (C=O) groups is 1. The third kappa shape index (κ3) is 5.16. The Kier molecular flexibility index (Phi) is 6.84. The van der Waals surface area contributed by atoms with Crippen LogP contribution in [0, 0.1) is 6.92 Å². The minimum absolute atomic E-state index is 0.0508. The Morgan fingerprint density at radius 1 is 1.09 bits per heavy atom. The third-order valence-corrected chi connectivity index (χ3v) is 6.60. The van der Waals surface area contributed by atoms with Gasteiger partial charge in [0.1, 0.15) is 0 Å². The van der Waals surface area contributed by atoms with Gasteiger partial charge in [0, 0.05) is 55.1 Å². The highest BCUT2D eigenvalue weighted by Crippen LogP contribution is 2.32. The minimum Gasteiger partial charge on any atom is -0.339 e. The fourth-order valence-corrected chi connectivity index (χ4v) is 4.65. The summed E-state index contributed by atoms with van der Waals surface area (Å²) >= 11 is 1.50. The molecule has 0 saturated carbocycles. The molecule has 1 atom stereocenters. The van der Waals surface area contributed by atoms with Gasteiger partial charge >= 0.3 is 0 Å². The number of hydrogen-bond donors (Lipinski definition) is 1. The minimum atomic E-state index is -0.245. The second kappa shape index (κ2) is 9.95. The summed E-state index contributed by atoms with van der Waals surface area (Å²) < 4.78 is 0. The van der Waals surface area contributed by atoms with Gasteiger partial charge in [-0.25, -0.2) is 15.0 Å². The van der Waals surface area contributed by atoms with Crippen molar-refractivity contribution in [1.29, 1.82) is 0 Å². The number of piperazine rings is 1. The summed E-state index contributed by atoms with van der Waals surface area (Å²) in [6, 6.07) is 11.9. The van der Waals surface area contributed by atoms with Gasteiger partial charge in [-0.1, -0.05) is 42.1 Å². The molecular weight excluding hydrogens is 424 g/mol. The standard InChI is InChI=1S/C23H26N6O2S/c1-16-19(21(31)27-23(26-16)32-17(2)18-7-4-3-5-8-18)15-20(30)28-11-13-29(14-12-28)22-24-9-6-10-25-22/h3-10,17H,11-15H2,1-2H3,(H,26,27,31). The molecule has 0 bridgehead atoms. The first kappa shape index (κ1) is 22.0. The molecule has 1 aromatic carbocycles. The zero-order valence-electron chi connectivity index (χ0n) is 18.2. The molecule has 1 unspecified atom stereocenters. The van der Waals surface area contributed by atoms with E-state index in [1.807, 2.05) is 18.2 Å². The maximum atomic E-state index is 12.9. The molecule has 8 nitrogen and oxygen atoms in total. The number of carbonyl (C=O) groups excluding carboxylic acids is 1. The molecule has 166 valence electrons. The number of aryl methyl sites for hydroxylation is 1. The predicted molar refractivity (Wildman–Crippen MR) is 125 cm³/mol. The van der Waals surface area contributed by atoms with Gasteiger partial charge < -0.3 is 14.8 Å². The van der Waals surface area contributed by atoms with Crippen LogP contribution in [0.15, 0.2) is 58.7 Å². The van der Waals surface area contributed by atoms with E-state index in [-0.39, 0.29) is 23.1 Å². The summed E-state index contributed by atoms with van der Waals surface area (Å²) in [4.78, 5) is 45.4. The lowest BCUT2D eigenvalue weighted by molar-refractivity contribution is -0.130. The molecule has 2 aromatic heterocycles. The van der Waals surface area contributed by atoms with Gasteiger partial charge in [-0.2, -0.15) is 0 Å². The highest BCUT2D eigenvalue weighted by Gasteiger charge is 2.24. The van der Waals surface area contributed by atoms with Crippen LogP contribution >= 0.6 is 11.8 Å². The predicted octanol–water partition coefficient (Wildman–Crippen LogP) is 2.61. The summed E-state index contributed by atoms with van der Waals surface area (Å²) in [7, 11) is 0. The van der Waals surface area contributed by atoms with Crippen LogP contribution < -0.4 is 10.5 Å². The van der Waals surface area contributed by atoms with Crippen LogP contribution in [0.5, 0.6) is 0 Å². The van der Waals surface area contributed by atoms with E-state index in [2.05, 4.69) is 43.9 Å². The average molecular weight is 451 g/mol. The molecule has 1 fully saturated rings. The van der Waals surface area contributed by atoms with Crippen LogP contribution in [0.3, 0.4) is 0 Å². The second-order valence-electron chi connectivity index (χ2n) is 7.70. The van der Waals surface area contributed by atoms with Crippen molar-refractivity contribution < 1.29 is 4.79 Å². The summed E-state index contributed by atoms with van der Waals surface area (Å²) in [6.45, 7) is 6.34. The number of thioether (sulfide) groups is 1. The summed E-state index contributed by atoms with van der Waals surface area (Å²) in [6.07, 6.45) is 3.48. The maximum absolute atomic E-state index is 12.9. The van der Waals surface area contributed by atoms with Crippen molar-refractivity contribution in [2.75, 3.05) is 31.1 Å². The van der Waals surface area contributed by atoms with E-state index in [1.54, 1.807) is 30.3 Å². The van der Waals surface area contributed by atoms with E-state index in [1.165, 1.54) is 11.8 Å². The number of hydrogen-bond acceptors (Lipinski definition) is 7. The highest BCUT2D eigenvalue weighted by atomic mass is 32.2. The van der Waals surface area contributed by atoms with Crippen LogP contribution in [0.1, 0.15) is 29.0 Å². The number of aromatic nitrogens is 4. The quantitative estimate of drug-likeness (QED) is 0.456. The van der Waals surface area contributed by atoms with E-state index in [0.29, 0.717) is 48.5 Å². The van der Waals surface area contributed by atoms with Gasteiger partial charge in [-0.05, 0) is 25.5 Å². The van der Waals surface area contributed by atoms with Gasteiger partial charge in [0.25, 0.3) is 5.56 Å². The van der Waals surface area contributed by atoms with Crippen molar-refractivity contribution in [3.05, 3.63) is 76.0 Å². The zero-order valence-corrected chi connectivity index (χ0v) is 19.0. The van der Waals surface area contributed by atoms with E-state index >= 15 is 0 Å². The molecule has 1 aliphatic rings. The fourth-order valence-electron chi connectivity index (χ4n) is 3.68. The Labute approximate surface area is 191 Å². The smallest absolute Gasteiger partial charge is 0.255 e. The Bertz CT molecular complexity index is 1110. The molecule has 1 saturated heterocycles. The van der Waals surface area contributed by atoms with Gasteiger partial charge in [-0.3, -0.25) is 9.59 Å². The van der Waals surface area contributed by atoms with Crippen LogP contribution in [0.25, 0.3) is 0 Å². The largest absolute Gasteiger partial charge is 0.339 e. The Balaban J connectivity index is 1.38. The van der Waals surface area contributed by atoms with Gasteiger partial charge in [0.2, 0.25) is 11.9 Å². The molecule has 0 aliphatic carbocycles. The molecule has 1 aliphatic heterocycles. The van der Waals surface area contributed by atoms with Crippen molar-refractivity contribution in [3.63, 3.8) is 0 Å². The molecule has 9 heteroatoms. The number of rotatable bonds is 6. The van der Waals surface area contributed by atoms with E-state index in [4.69, 9.17) is 0 Å². The molecule has 3 aromatic rings. The zero-order chi connectivity index (χ0) is 22.5. The van der Waals surface area contributed by atoms with Crippen molar-refractivity contribution >= 4 is 23.6 Å². The van der Waals surface area contributed by atoms with E-state index in [0.717, 1.165) is 5.56 Å². The monoisotopic (exact) mass is 450 g/mol. The number of amides is 1. The number of nitrogens with one attached hydrogen (secondary N) is 1. The molecule has 1 N–H and O–H groups in total. The third-order valence-electron chi connectivity index (χ3n) is 5.55. The second-order valence-corrected chi connectivity index (χ2v) is 9.03. The molecular formula is C23H26N6O2S. The van der Waals surface area contributed by atoms with Gasteiger partial charge in [0.05, 0.1) is 6.42 Å². The van der Waals surface area contributed by atoms with E-state index < -0.39 is 0 Å². The molecule has 0 spiro atoms. The van der Waals surface area contributed by atoms with Gasteiger partial charge in [0.15, 0.2) is 5.16 Å². The lowest BCUT2D eigenvalue weighted by Crippen LogP contribution is -2.50. The summed E-state index contributed by atoms with van der Waals surface area (Å²) in [5.74, 6) is 0.612. The number of H-pyrrole nitrogens is 1. The molecule has 4 rings (SSSR count). The van der Waals surface area contributed by atoms with Gasteiger partial charge in [-0.15, -0.1) is 0 Å². The fraction of sp³-hybridized carbons (Fsp3) is 0.348. The summed E-state index contributed by atoms with van der Waals surface area (Å²) in [5, 5.41) is 0.715. The average Bonchev–Trinajstić information content (AvgIpc) is 2.82. The topological polar surface area (TPSA) is 95.1 Å². The number of aromatic amines is 1. The Hall–Kier alpha value is -3.20. The van der Waals surface area contributed by atoms with Crippen LogP contribution in [-0.2, 0) is 11.2 Å². The SMILES string of the molecule is Cc1nc(SC(C)c2ccccc2)[nH]c(=O)c1CC(=O)N1CCN(c2ncccn2)CC1. The first-order chi connectivity index (χ1) is 15.5. The van der Waals surface area contributed by atoms with Crippen molar-refractivity contribution in [2.24, 2.45) is 0 Å². The first-order valence-electron chi connectivity index (χ1n) is 10.6. The normalized spacial score (nSPS) is 14.9. The van der Waals surface area contributed by atoms with Crippen LogP contribution in [0.4, 0.5) is 5.95 Å². The number of anilines is 1. The molecule has 0 radical (unpaired) electrons. The number of nitrogens with zero attached hydrogens (tertiary/aromatic N) is 5. The molecule has 1 amide bonds. The number of benzene rings is 1. The molecule has 32 heavy (non-hydrogen) atoms. The van der Waals surface area contributed by atoms with Crippen molar-refractivity contribution in [1.82, 2.24) is 24.8 Å². The highest BCUT2D eigenvalue weighted by molar-refractivity contribution is 7.99. The van der Waals surface area contributed by atoms with E-state index in [9.17, 15) is 9.59 Å². The van der Waals surface area contributed by atoms with Crippen LogP contribution in [0.2, 0.25) is 0 Å².